The number of anilines is 3. The zero-order valence-corrected chi connectivity index (χ0v) is 26.2. The number of halogens is 1. The van der Waals surface area contributed by atoms with Crippen LogP contribution >= 0.6 is 15.9 Å². The van der Waals surface area contributed by atoms with E-state index in [1.807, 2.05) is 60.7 Å². The molecule has 6 rings (SSSR count). The van der Waals surface area contributed by atoms with Crippen LogP contribution in [0.25, 0.3) is 0 Å². The summed E-state index contributed by atoms with van der Waals surface area (Å²) in [4.78, 5) is 45.0. The Balaban J connectivity index is 1.25. The number of nitrogens with zero attached hydrogens (tertiary/aromatic N) is 3. The Labute approximate surface area is 265 Å². The number of fused-ring (bicyclic) bond motifs is 2. The van der Waals surface area contributed by atoms with Crippen molar-refractivity contribution in [3.05, 3.63) is 100 Å². The Hall–Kier alpha value is -3.79. The van der Waals surface area contributed by atoms with Crippen molar-refractivity contribution in [1.29, 1.82) is 0 Å². The second-order valence-corrected chi connectivity index (χ2v) is 12.7. The maximum absolute atomic E-state index is 14.1. The van der Waals surface area contributed by atoms with Gasteiger partial charge >= 0.3 is 0 Å². The van der Waals surface area contributed by atoms with Crippen molar-refractivity contribution in [3.63, 3.8) is 0 Å². The number of benzene rings is 3. The lowest BCUT2D eigenvalue weighted by molar-refractivity contribution is -0.139. The van der Waals surface area contributed by atoms with Crippen molar-refractivity contribution in [2.45, 2.75) is 57.2 Å². The molecule has 2 N–H and O–H groups in total. The fraction of sp³-hybridized carbons (Fsp3) is 0.343. The number of hydrogen-bond donors (Lipinski definition) is 2. The van der Waals surface area contributed by atoms with Crippen LogP contribution in [0.1, 0.15) is 49.3 Å². The summed E-state index contributed by atoms with van der Waals surface area (Å²) in [5.74, 6) is -1.12. The van der Waals surface area contributed by atoms with E-state index in [2.05, 4.69) is 15.9 Å². The summed E-state index contributed by atoms with van der Waals surface area (Å²) < 4.78 is 0.740. The van der Waals surface area contributed by atoms with Gasteiger partial charge in [-0.05, 0) is 66.8 Å². The van der Waals surface area contributed by atoms with E-state index in [4.69, 9.17) is 0 Å². The minimum atomic E-state index is -1.83. The van der Waals surface area contributed by atoms with Crippen LogP contribution in [0.5, 0.6) is 0 Å². The van der Waals surface area contributed by atoms with E-state index in [0.29, 0.717) is 30.6 Å². The molecule has 0 unspecified atom stereocenters. The van der Waals surface area contributed by atoms with E-state index < -0.39 is 17.4 Å². The highest BCUT2D eigenvalue weighted by molar-refractivity contribution is 9.10. The van der Waals surface area contributed by atoms with Gasteiger partial charge in [-0.15, -0.1) is 0 Å². The molecule has 3 aromatic rings. The number of likely N-dealkylation sites (tertiary alicyclic amines) is 1. The summed E-state index contributed by atoms with van der Waals surface area (Å²) in [5.41, 5.74) is 2.83. The SMILES string of the molecule is C[C@@H](/C=C/CC(=O)N1CCC[C@H]1CO)[C@]1(O)C(=O)N(Cc2cccc(N3C(=O)CCc4ccccc43)c2)c2ccc(Br)cc21. The highest BCUT2D eigenvalue weighted by Crippen LogP contribution is 2.47. The first-order valence-corrected chi connectivity index (χ1v) is 15.9. The number of rotatable bonds is 8. The van der Waals surface area contributed by atoms with Gasteiger partial charge in [0.25, 0.3) is 5.91 Å². The van der Waals surface area contributed by atoms with Gasteiger partial charge in [-0.2, -0.15) is 0 Å². The second-order valence-electron chi connectivity index (χ2n) is 11.8. The Bertz CT molecular complexity index is 1640. The third-order valence-electron chi connectivity index (χ3n) is 9.12. The average molecular weight is 659 g/mol. The van der Waals surface area contributed by atoms with Crippen LogP contribution in [0.15, 0.2) is 83.4 Å². The third-order valence-corrected chi connectivity index (χ3v) is 9.61. The molecule has 0 aliphatic carbocycles. The molecule has 9 heteroatoms. The molecule has 44 heavy (non-hydrogen) atoms. The van der Waals surface area contributed by atoms with Crippen LogP contribution in [0.2, 0.25) is 0 Å². The molecular formula is C35H36BrN3O5. The summed E-state index contributed by atoms with van der Waals surface area (Å²) in [6, 6.07) is 20.8. The first-order valence-electron chi connectivity index (χ1n) is 15.1. The predicted molar refractivity (Wildman–Crippen MR) is 172 cm³/mol. The van der Waals surface area contributed by atoms with Gasteiger partial charge in [-0.25, -0.2) is 0 Å². The average Bonchev–Trinajstić information content (AvgIpc) is 3.59. The van der Waals surface area contributed by atoms with Gasteiger partial charge in [-0.1, -0.05) is 65.3 Å². The summed E-state index contributed by atoms with van der Waals surface area (Å²) in [6.07, 6.45) is 6.38. The van der Waals surface area contributed by atoms with Crippen molar-refractivity contribution < 1.29 is 24.6 Å². The van der Waals surface area contributed by atoms with Crippen LogP contribution in [0, 0.1) is 5.92 Å². The van der Waals surface area contributed by atoms with Crippen molar-refractivity contribution in [2.75, 3.05) is 23.0 Å². The molecule has 3 aliphatic rings. The minimum absolute atomic E-state index is 0.0263. The highest BCUT2D eigenvalue weighted by atomic mass is 79.9. The number of aliphatic hydroxyl groups is 2. The smallest absolute Gasteiger partial charge is 0.264 e. The van der Waals surface area contributed by atoms with Crippen molar-refractivity contribution >= 4 is 50.7 Å². The molecule has 3 atom stereocenters. The van der Waals surface area contributed by atoms with E-state index in [0.717, 1.165) is 39.8 Å². The van der Waals surface area contributed by atoms with Gasteiger partial charge in [-0.3, -0.25) is 19.3 Å². The molecule has 0 aromatic heterocycles. The van der Waals surface area contributed by atoms with Crippen molar-refractivity contribution in [1.82, 2.24) is 4.90 Å². The lowest BCUT2D eigenvalue weighted by Gasteiger charge is -2.30. The summed E-state index contributed by atoms with van der Waals surface area (Å²) in [7, 11) is 0. The number of para-hydroxylation sites is 1. The quantitative estimate of drug-likeness (QED) is 0.318. The first-order chi connectivity index (χ1) is 21.2. The lowest BCUT2D eigenvalue weighted by atomic mass is 9.83. The Kier molecular flexibility index (Phi) is 8.46. The van der Waals surface area contributed by atoms with Gasteiger partial charge < -0.3 is 20.0 Å². The fourth-order valence-electron chi connectivity index (χ4n) is 6.75. The number of amides is 3. The number of hydrogen-bond acceptors (Lipinski definition) is 5. The van der Waals surface area contributed by atoms with Crippen LogP contribution in [0.4, 0.5) is 17.1 Å². The Morgan fingerprint density at radius 2 is 1.89 bits per heavy atom. The summed E-state index contributed by atoms with van der Waals surface area (Å²) in [6.45, 7) is 2.57. The van der Waals surface area contributed by atoms with Crippen LogP contribution < -0.4 is 9.80 Å². The standard InChI is InChI=1S/C35H36BrN3O5/c1-23(7-4-13-32(41)37-18-6-11-28(37)22-40)35(44)29-20-26(36)15-16-31(29)38(34(35)43)21-24-8-5-10-27(19-24)39-30-12-3-2-9-25(30)14-17-33(39)42/h2-5,7-10,12,15-16,19-20,23,28,40,44H,6,11,13-14,17-18,21-22H2,1H3/b7-4+/t23-,28-,35+/m0/s1. The topological polar surface area (TPSA) is 101 Å². The molecule has 1 fully saturated rings. The summed E-state index contributed by atoms with van der Waals surface area (Å²) in [5, 5.41) is 21.6. The predicted octanol–water partition coefficient (Wildman–Crippen LogP) is 5.36. The van der Waals surface area contributed by atoms with Gasteiger partial charge in [0.15, 0.2) is 5.60 Å². The largest absolute Gasteiger partial charge is 0.394 e. The van der Waals surface area contributed by atoms with E-state index >= 15 is 0 Å². The Morgan fingerprint density at radius 1 is 1.07 bits per heavy atom. The van der Waals surface area contributed by atoms with Crippen molar-refractivity contribution in [3.8, 4) is 0 Å². The highest BCUT2D eigenvalue weighted by Gasteiger charge is 2.52. The molecule has 3 amide bonds. The number of aryl methyl sites for hydroxylation is 1. The van der Waals surface area contributed by atoms with E-state index in [-0.39, 0.29) is 37.4 Å². The maximum atomic E-state index is 14.1. The zero-order valence-electron chi connectivity index (χ0n) is 24.7. The number of aliphatic hydroxyl groups excluding tert-OH is 1. The number of carbonyl (C=O) groups excluding carboxylic acids is 3. The molecule has 8 nitrogen and oxygen atoms in total. The van der Waals surface area contributed by atoms with Crippen LogP contribution in [-0.4, -0.2) is 52.0 Å². The number of carbonyl (C=O) groups is 3. The second kappa shape index (κ2) is 12.3. The van der Waals surface area contributed by atoms with E-state index in [1.54, 1.807) is 39.8 Å². The molecule has 0 saturated carbocycles. The van der Waals surface area contributed by atoms with Gasteiger partial charge in [0.1, 0.15) is 0 Å². The Morgan fingerprint density at radius 3 is 2.70 bits per heavy atom. The fourth-order valence-corrected chi connectivity index (χ4v) is 7.11. The first kappa shape index (κ1) is 30.2. The third kappa shape index (κ3) is 5.38. The molecule has 3 heterocycles. The summed E-state index contributed by atoms with van der Waals surface area (Å²) >= 11 is 3.50. The molecule has 3 aliphatic heterocycles. The van der Waals surface area contributed by atoms with Crippen LogP contribution in [-0.2, 0) is 33.0 Å². The molecule has 0 bridgehead atoms. The monoisotopic (exact) mass is 657 g/mol. The normalized spacial score (nSPS) is 22.1. The molecular weight excluding hydrogens is 622 g/mol. The van der Waals surface area contributed by atoms with Gasteiger partial charge in [0.05, 0.1) is 30.6 Å². The lowest BCUT2D eigenvalue weighted by Crippen LogP contribution is -2.44. The molecule has 0 radical (unpaired) electrons. The van der Waals surface area contributed by atoms with Gasteiger partial charge in [0, 0.05) is 41.0 Å². The molecule has 228 valence electrons. The molecule has 0 spiro atoms. The van der Waals surface area contributed by atoms with Crippen LogP contribution in [0.3, 0.4) is 0 Å². The maximum Gasteiger partial charge on any atom is 0.264 e. The van der Waals surface area contributed by atoms with E-state index in [1.165, 1.54) is 0 Å². The van der Waals surface area contributed by atoms with Crippen molar-refractivity contribution in [2.24, 2.45) is 5.92 Å². The zero-order chi connectivity index (χ0) is 31.0. The molecule has 3 aromatic carbocycles. The van der Waals surface area contributed by atoms with E-state index in [9.17, 15) is 24.6 Å². The molecule has 1 saturated heterocycles. The minimum Gasteiger partial charge on any atom is -0.394 e. The van der Waals surface area contributed by atoms with Gasteiger partial charge in [0.2, 0.25) is 11.8 Å².